The van der Waals surface area contributed by atoms with Crippen molar-refractivity contribution in [1.82, 2.24) is 0 Å². The number of rotatable bonds is 1. The van der Waals surface area contributed by atoms with Crippen LogP contribution in [0.15, 0.2) is 23.8 Å². The highest BCUT2D eigenvalue weighted by molar-refractivity contribution is 5.23. The normalized spacial score (nSPS) is 31.3. The summed E-state index contributed by atoms with van der Waals surface area (Å²) >= 11 is 0. The maximum atomic E-state index is 13.0. The van der Waals surface area contributed by atoms with Gasteiger partial charge in [0.15, 0.2) is 5.83 Å². The zero-order valence-electron chi connectivity index (χ0n) is 6.19. The fourth-order valence-corrected chi connectivity index (χ4v) is 1.58. The van der Waals surface area contributed by atoms with Crippen molar-refractivity contribution >= 4 is 0 Å². The highest BCUT2D eigenvalue weighted by Crippen LogP contribution is 2.45. The molecule has 60 valence electrons. The molecular weight excluding hydrogens is 146 g/mol. The van der Waals surface area contributed by atoms with Crippen LogP contribution in [0.25, 0.3) is 0 Å². The summed E-state index contributed by atoms with van der Waals surface area (Å²) in [4.78, 5) is 0. The Hall–Kier alpha value is -0.660. The van der Waals surface area contributed by atoms with E-state index in [1.54, 1.807) is 6.08 Å². The van der Waals surface area contributed by atoms with Crippen LogP contribution in [0.4, 0.5) is 8.78 Å². The molecule has 0 N–H and O–H groups in total. The number of allylic oxidation sites excluding steroid dienone is 4. The van der Waals surface area contributed by atoms with Gasteiger partial charge in [0.05, 0.1) is 0 Å². The molecule has 2 aliphatic carbocycles. The largest absolute Gasteiger partial charge is 0.208 e. The Morgan fingerprint density at radius 2 is 2.00 bits per heavy atom. The van der Waals surface area contributed by atoms with Gasteiger partial charge in [-0.15, -0.1) is 0 Å². The zero-order chi connectivity index (χ0) is 7.84. The zero-order valence-corrected chi connectivity index (χ0v) is 6.19. The molecule has 0 bridgehead atoms. The van der Waals surface area contributed by atoms with E-state index in [4.69, 9.17) is 0 Å². The fraction of sp³-hybridized carbons (Fsp3) is 0.556. The minimum absolute atomic E-state index is 0.139. The SMILES string of the molecule is FC1=C(F)C(C2CC2)CC=C1. The first-order chi connectivity index (χ1) is 5.29. The van der Waals surface area contributed by atoms with Crippen LogP contribution in [0.1, 0.15) is 19.3 Å². The molecule has 1 atom stereocenters. The predicted molar refractivity (Wildman–Crippen MR) is 39.2 cm³/mol. The third-order valence-electron chi connectivity index (χ3n) is 2.40. The van der Waals surface area contributed by atoms with Crippen LogP contribution in [-0.4, -0.2) is 0 Å². The maximum absolute atomic E-state index is 13.0. The molecule has 0 radical (unpaired) electrons. The van der Waals surface area contributed by atoms with E-state index in [2.05, 4.69) is 0 Å². The summed E-state index contributed by atoms with van der Waals surface area (Å²) in [6.45, 7) is 0. The lowest BCUT2D eigenvalue weighted by atomic mass is 9.94. The third kappa shape index (κ3) is 1.22. The molecule has 0 nitrogen and oxygen atoms in total. The molecule has 0 aromatic carbocycles. The van der Waals surface area contributed by atoms with Gasteiger partial charge in [-0.3, -0.25) is 0 Å². The second-order valence-corrected chi connectivity index (χ2v) is 3.28. The molecule has 2 aliphatic rings. The van der Waals surface area contributed by atoms with Crippen LogP contribution in [0.5, 0.6) is 0 Å². The van der Waals surface area contributed by atoms with Crippen LogP contribution in [0.3, 0.4) is 0 Å². The van der Waals surface area contributed by atoms with Crippen molar-refractivity contribution < 1.29 is 8.78 Å². The Balaban J connectivity index is 2.18. The minimum atomic E-state index is -0.659. The van der Waals surface area contributed by atoms with Crippen LogP contribution >= 0.6 is 0 Å². The van der Waals surface area contributed by atoms with Crippen LogP contribution in [-0.2, 0) is 0 Å². The van der Waals surface area contributed by atoms with E-state index in [1.807, 2.05) is 0 Å². The van der Waals surface area contributed by atoms with E-state index < -0.39 is 11.7 Å². The van der Waals surface area contributed by atoms with Crippen molar-refractivity contribution in [1.29, 1.82) is 0 Å². The van der Waals surface area contributed by atoms with Gasteiger partial charge in [0.2, 0.25) is 0 Å². The topological polar surface area (TPSA) is 0 Å². The van der Waals surface area contributed by atoms with E-state index in [0.29, 0.717) is 12.3 Å². The average Bonchev–Trinajstić information content (AvgIpc) is 2.77. The second kappa shape index (κ2) is 2.43. The van der Waals surface area contributed by atoms with Crippen molar-refractivity contribution in [3.63, 3.8) is 0 Å². The summed E-state index contributed by atoms with van der Waals surface area (Å²) in [6.07, 6.45) is 5.78. The van der Waals surface area contributed by atoms with Gasteiger partial charge in [-0.05, 0) is 31.3 Å². The summed E-state index contributed by atoms with van der Waals surface area (Å²) in [7, 11) is 0. The van der Waals surface area contributed by atoms with Gasteiger partial charge in [-0.25, -0.2) is 8.78 Å². The fourth-order valence-electron chi connectivity index (χ4n) is 1.58. The molecule has 0 saturated heterocycles. The second-order valence-electron chi connectivity index (χ2n) is 3.28. The van der Waals surface area contributed by atoms with Crippen LogP contribution in [0, 0.1) is 11.8 Å². The molecule has 2 heteroatoms. The predicted octanol–water partition coefficient (Wildman–Crippen LogP) is 3.12. The van der Waals surface area contributed by atoms with Gasteiger partial charge in [0, 0.05) is 5.92 Å². The summed E-state index contributed by atoms with van der Waals surface area (Å²) < 4.78 is 25.6. The molecule has 0 aliphatic heterocycles. The standard InChI is InChI=1S/C9H10F2/c10-8-3-1-2-7(9(8)11)6-4-5-6/h1,3,6-7H,2,4-5H2. The molecule has 2 rings (SSSR count). The lowest BCUT2D eigenvalue weighted by Gasteiger charge is -2.14. The molecule has 0 aromatic heterocycles. The Labute approximate surface area is 64.6 Å². The molecule has 1 fully saturated rings. The maximum Gasteiger partial charge on any atom is 0.154 e. The number of hydrogen-bond acceptors (Lipinski definition) is 0. The molecule has 1 saturated carbocycles. The first-order valence-corrected chi connectivity index (χ1v) is 4.00. The van der Waals surface area contributed by atoms with E-state index >= 15 is 0 Å². The van der Waals surface area contributed by atoms with Crippen molar-refractivity contribution in [2.75, 3.05) is 0 Å². The third-order valence-corrected chi connectivity index (χ3v) is 2.40. The molecule has 0 aromatic rings. The van der Waals surface area contributed by atoms with E-state index in [1.165, 1.54) is 6.08 Å². The first kappa shape index (κ1) is 7.01. The van der Waals surface area contributed by atoms with Gasteiger partial charge < -0.3 is 0 Å². The average molecular weight is 156 g/mol. The Kier molecular flexibility index (Phi) is 1.55. The highest BCUT2D eigenvalue weighted by Gasteiger charge is 2.35. The lowest BCUT2D eigenvalue weighted by Crippen LogP contribution is -2.06. The molecular formula is C9H10F2. The summed E-state index contributed by atoms with van der Waals surface area (Å²) in [5, 5.41) is 0. The summed E-state index contributed by atoms with van der Waals surface area (Å²) in [5.41, 5.74) is 0. The molecule has 0 spiro atoms. The monoisotopic (exact) mass is 156 g/mol. The number of hydrogen-bond donors (Lipinski definition) is 0. The number of halogens is 2. The summed E-state index contributed by atoms with van der Waals surface area (Å²) in [6, 6.07) is 0. The Bertz CT molecular complexity index is 224. The van der Waals surface area contributed by atoms with Crippen LogP contribution < -0.4 is 0 Å². The smallest absolute Gasteiger partial charge is 0.154 e. The van der Waals surface area contributed by atoms with Gasteiger partial charge in [0.25, 0.3) is 0 Å². The Morgan fingerprint density at radius 3 is 2.64 bits per heavy atom. The van der Waals surface area contributed by atoms with Gasteiger partial charge >= 0.3 is 0 Å². The van der Waals surface area contributed by atoms with E-state index in [0.717, 1.165) is 12.8 Å². The molecule has 0 heterocycles. The summed E-state index contributed by atoms with van der Waals surface area (Å²) in [5.74, 6) is -0.895. The quantitative estimate of drug-likeness (QED) is 0.547. The lowest BCUT2D eigenvalue weighted by molar-refractivity contribution is 0.391. The molecule has 0 amide bonds. The van der Waals surface area contributed by atoms with Crippen molar-refractivity contribution in [3.8, 4) is 0 Å². The van der Waals surface area contributed by atoms with Crippen molar-refractivity contribution in [2.45, 2.75) is 19.3 Å². The van der Waals surface area contributed by atoms with Crippen LogP contribution in [0.2, 0.25) is 0 Å². The van der Waals surface area contributed by atoms with E-state index in [9.17, 15) is 8.78 Å². The Morgan fingerprint density at radius 1 is 1.27 bits per heavy atom. The minimum Gasteiger partial charge on any atom is -0.208 e. The van der Waals surface area contributed by atoms with Gasteiger partial charge in [-0.1, -0.05) is 6.08 Å². The first-order valence-electron chi connectivity index (χ1n) is 4.00. The highest BCUT2D eigenvalue weighted by atomic mass is 19.2. The van der Waals surface area contributed by atoms with Crippen molar-refractivity contribution in [2.24, 2.45) is 11.8 Å². The molecule has 11 heavy (non-hydrogen) atoms. The molecule has 1 unspecified atom stereocenters. The van der Waals surface area contributed by atoms with Gasteiger partial charge in [0.1, 0.15) is 5.83 Å². The van der Waals surface area contributed by atoms with Gasteiger partial charge in [-0.2, -0.15) is 0 Å². The van der Waals surface area contributed by atoms with E-state index in [-0.39, 0.29) is 5.92 Å². The van der Waals surface area contributed by atoms with Crippen molar-refractivity contribution in [3.05, 3.63) is 23.8 Å².